The van der Waals surface area contributed by atoms with Crippen LogP contribution in [0.2, 0.25) is 5.02 Å². The molecule has 2 heterocycles. The summed E-state index contributed by atoms with van der Waals surface area (Å²) in [6, 6.07) is 9.09. The van der Waals surface area contributed by atoms with Gasteiger partial charge in [0.25, 0.3) is 5.91 Å². The van der Waals surface area contributed by atoms with Gasteiger partial charge in [-0.1, -0.05) is 18.5 Å². The fourth-order valence-electron chi connectivity index (χ4n) is 4.20. The summed E-state index contributed by atoms with van der Waals surface area (Å²) in [6.45, 7) is 5.33. The zero-order chi connectivity index (χ0) is 25.9. The Balaban J connectivity index is 1.62. The van der Waals surface area contributed by atoms with Crippen molar-refractivity contribution in [3.8, 4) is 16.8 Å². The maximum Gasteiger partial charge on any atom is 0.251 e. The number of aryl methyl sites for hydroxylation is 1. The summed E-state index contributed by atoms with van der Waals surface area (Å²) < 4.78 is 38.6. The van der Waals surface area contributed by atoms with Crippen LogP contribution in [0, 0.1) is 5.82 Å². The van der Waals surface area contributed by atoms with E-state index in [-0.39, 0.29) is 28.5 Å². The van der Waals surface area contributed by atoms with Crippen molar-refractivity contribution in [3.63, 3.8) is 0 Å². The van der Waals surface area contributed by atoms with E-state index in [0.29, 0.717) is 54.3 Å². The lowest BCUT2D eigenvalue weighted by molar-refractivity contribution is 0.0930. The molecule has 1 aliphatic rings. The Morgan fingerprint density at radius 2 is 1.94 bits per heavy atom. The summed E-state index contributed by atoms with van der Waals surface area (Å²) in [4.78, 5) is 15.3. The molecule has 192 valence electrons. The van der Waals surface area contributed by atoms with Gasteiger partial charge in [-0.25, -0.2) is 12.8 Å². The molecule has 9 nitrogen and oxygen atoms in total. The van der Waals surface area contributed by atoms with Crippen molar-refractivity contribution in [1.29, 1.82) is 0 Å². The molecule has 0 unspecified atom stereocenters. The highest BCUT2D eigenvalue weighted by molar-refractivity contribution is 7.91. The molecular formula is C24H28ClFN6O3S. The number of hydrogen-bond acceptors (Lipinski definition) is 7. The second-order valence-electron chi connectivity index (χ2n) is 8.98. The van der Waals surface area contributed by atoms with Gasteiger partial charge in [-0.2, -0.15) is 4.68 Å². The van der Waals surface area contributed by atoms with E-state index in [1.54, 1.807) is 22.9 Å². The largest absolute Gasteiger partial charge is 0.348 e. The average molecular weight is 535 g/mol. The molecule has 4 rings (SSSR count). The highest BCUT2D eigenvalue weighted by Crippen LogP contribution is 2.31. The van der Waals surface area contributed by atoms with Crippen LogP contribution in [-0.2, 0) is 16.3 Å². The minimum atomic E-state index is -2.97. The van der Waals surface area contributed by atoms with Crippen molar-refractivity contribution in [2.24, 2.45) is 0 Å². The second kappa shape index (κ2) is 11.0. The van der Waals surface area contributed by atoms with E-state index in [2.05, 4.69) is 20.8 Å². The van der Waals surface area contributed by atoms with E-state index >= 15 is 0 Å². The van der Waals surface area contributed by atoms with Gasteiger partial charge in [-0.15, -0.1) is 5.10 Å². The molecule has 1 amide bonds. The van der Waals surface area contributed by atoms with E-state index in [9.17, 15) is 17.6 Å². The molecule has 1 fully saturated rings. The third-order valence-corrected chi connectivity index (χ3v) is 7.94. The van der Waals surface area contributed by atoms with E-state index in [0.717, 1.165) is 6.42 Å². The Morgan fingerprint density at radius 1 is 1.19 bits per heavy atom. The smallest absolute Gasteiger partial charge is 0.251 e. The minimum absolute atomic E-state index is 0.129. The van der Waals surface area contributed by atoms with Gasteiger partial charge in [0.05, 0.1) is 22.2 Å². The molecule has 12 heteroatoms. The van der Waals surface area contributed by atoms with Crippen LogP contribution in [0.3, 0.4) is 0 Å². The van der Waals surface area contributed by atoms with Crippen LogP contribution in [0.25, 0.3) is 16.8 Å². The van der Waals surface area contributed by atoms with Crippen LogP contribution >= 0.6 is 11.6 Å². The molecular weight excluding hydrogens is 507 g/mol. The number of halogens is 2. The minimum Gasteiger partial charge on any atom is -0.348 e. The van der Waals surface area contributed by atoms with Crippen LogP contribution in [0.15, 0.2) is 36.4 Å². The normalized spacial score (nSPS) is 16.6. The summed E-state index contributed by atoms with van der Waals surface area (Å²) in [5.41, 5.74) is 2.14. The number of nitrogens with zero attached hydrogens (tertiary/aromatic N) is 5. The van der Waals surface area contributed by atoms with Gasteiger partial charge in [0, 0.05) is 43.2 Å². The predicted octanol–water partition coefficient (Wildman–Crippen LogP) is 2.92. The summed E-state index contributed by atoms with van der Waals surface area (Å²) in [6.07, 6.45) is 1.49. The van der Waals surface area contributed by atoms with Crippen molar-refractivity contribution in [1.82, 2.24) is 30.4 Å². The Hall–Kier alpha value is -2.89. The highest BCUT2D eigenvalue weighted by Gasteiger charge is 2.23. The Labute approximate surface area is 214 Å². The summed E-state index contributed by atoms with van der Waals surface area (Å²) in [7, 11) is -2.97. The number of tetrazole rings is 1. The highest BCUT2D eigenvalue weighted by atomic mass is 35.5. The topological polar surface area (TPSA) is 110 Å². The van der Waals surface area contributed by atoms with Gasteiger partial charge in [-0.05, 0) is 65.7 Å². The number of rotatable bonds is 8. The molecule has 36 heavy (non-hydrogen) atoms. The Kier molecular flexibility index (Phi) is 8.01. The fourth-order valence-corrected chi connectivity index (χ4v) is 5.76. The molecule has 0 saturated carbocycles. The Bertz CT molecular complexity index is 1350. The molecule has 1 aromatic heterocycles. The van der Waals surface area contributed by atoms with Gasteiger partial charge in [0.15, 0.2) is 15.7 Å². The van der Waals surface area contributed by atoms with Gasteiger partial charge in [-0.3, -0.25) is 9.69 Å². The lowest BCUT2D eigenvalue weighted by atomic mass is 10.0. The van der Waals surface area contributed by atoms with Crippen LogP contribution < -0.4 is 5.32 Å². The van der Waals surface area contributed by atoms with E-state index in [4.69, 9.17) is 11.6 Å². The number of hydrogen-bond donors (Lipinski definition) is 1. The number of carbonyl (C=O) groups is 1. The van der Waals surface area contributed by atoms with Crippen molar-refractivity contribution < 1.29 is 17.6 Å². The molecule has 1 N–H and O–H groups in total. The Morgan fingerprint density at radius 3 is 2.64 bits per heavy atom. The molecule has 3 aromatic rings. The third kappa shape index (κ3) is 6.26. The van der Waals surface area contributed by atoms with Gasteiger partial charge < -0.3 is 5.32 Å². The number of amides is 1. The number of carbonyl (C=O) groups excluding carboxylic acids is 1. The molecule has 1 aliphatic heterocycles. The lowest BCUT2D eigenvalue weighted by Gasteiger charge is -2.29. The number of nitrogens with one attached hydrogen (secondary N) is 1. The molecule has 1 saturated heterocycles. The van der Waals surface area contributed by atoms with E-state index in [1.165, 1.54) is 12.1 Å². The predicted molar refractivity (Wildman–Crippen MR) is 136 cm³/mol. The maximum absolute atomic E-state index is 13.7. The monoisotopic (exact) mass is 534 g/mol. The van der Waals surface area contributed by atoms with Crippen LogP contribution in [-0.4, -0.2) is 76.6 Å². The van der Waals surface area contributed by atoms with Crippen molar-refractivity contribution in [3.05, 3.63) is 58.6 Å². The molecule has 0 radical (unpaired) electrons. The van der Waals surface area contributed by atoms with Gasteiger partial charge >= 0.3 is 0 Å². The second-order valence-corrected chi connectivity index (χ2v) is 11.7. The van der Waals surface area contributed by atoms with E-state index < -0.39 is 15.7 Å². The molecule has 1 atom stereocenters. The first-order valence-electron chi connectivity index (χ1n) is 11.8. The number of benzene rings is 2. The molecule has 0 spiro atoms. The molecule has 0 bridgehead atoms. The lowest BCUT2D eigenvalue weighted by Crippen LogP contribution is -2.47. The van der Waals surface area contributed by atoms with Gasteiger partial charge in [0.2, 0.25) is 0 Å². The SMILES string of the molecule is CCCc1nnnn1-c1cc(C(=O)N[C@H](C)CN2CCS(=O)(=O)CC2)cc(-c2ccc(F)cc2Cl)c1. The van der Waals surface area contributed by atoms with Crippen molar-refractivity contribution in [2.45, 2.75) is 32.7 Å². The summed E-state index contributed by atoms with van der Waals surface area (Å²) >= 11 is 6.33. The zero-order valence-electron chi connectivity index (χ0n) is 20.1. The number of aromatic nitrogens is 4. The van der Waals surface area contributed by atoms with Crippen LogP contribution in [0.5, 0.6) is 0 Å². The summed E-state index contributed by atoms with van der Waals surface area (Å²) in [5.74, 6) is 0.147. The van der Waals surface area contributed by atoms with Crippen LogP contribution in [0.4, 0.5) is 4.39 Å². The van der Waals surface area contributed by atoms with Crippen LogP contribution in [0.1, 0.15) is 36.5 Å². The molecule has 2 aromatic carbocycles. The first-order chi connectivity index (χ1) is 17.1. The summed E-state index contributed by atoms with van der Waals surface area (Å²) in [5, 5.41) is 15.2. The first kappa shape index (κ1) is 26.2. The molecule has 0 aliphatic carbocycles. The quantitative estimate of drug-likeness (QED) is 0.473. The maximum atomic E-state index is 13.7. The first-order valence-corrected chi connectivity index (χ1v) is 14.0. The third-order valence-electron chi connectivity index (χ3n) is 6.02. The van der Waals surface area contributed by atoms with Crippen molar-refractivity contribution in [2.75, 3.05) is 31.1 Å². The standard InChI is InChI=1S/C24H28ClFN6O3S/c1-3-4-23-28-29-30-32(23)20-12-17(21-6-5-19(26)14-22(21)25)11-18(13-20)24(33)27-16(2)15-31-7-9-36(34,35)10-8-31/h5-6,11-14,16H,3-4,7-10,15H2,1-2H3,(H,27,33)/t16-/m1/s1. The average Bonchev–Trinajstić information content (AvgIpc) is 3.29. The fraction of sp³-hybridized carbons (Fsp3) is 0.417. The van der Waals surface area contributed by atoms with E-state index in [1.807, 2.05) is 24.8 Å². The zero-order valence-corrected chi connectivity index (χ0v) is 21.7. The number of sulfone groups is 1. The van der Waals surface area contributed by atoms with Crippen molar-refractivity contribution >= 4 is 27.3 Å². The van der Waals surface area contributed by atoms with Gasteiger partial charge in [0.1, 0.15) is 5.82 Å².